The largest absolute Gasteiger partial charge is 0.479 e. The van der Waals surface area contributed by atoms with Gasteiger partial charge in [-0.3, -0.25) is 9.59 Å². The zero-order valence-corrected chi connectivity index (χ0v) is 14.7. The van der Waals surface area contributed by atoms with Gasteiger partial charge in [0, 0.05) is 18.5 Å². The Morgan fingerprint density at radius 1 is 1.36 bits per heavy atom. The molecule has 1 aromatic carbocycles. The van der Waals surface area contributed by atoms with Crippen molar-refractivity contribution in [3.8, 4) is 5.75 Å². The second-order valence-electron chi connectivity index (χ2n) is 6.08. The molecule has 3 rings (SSSR count). The van der Waals surface area contributed by atoms with Crippen molar-refractivity contribution in [1.82, 2.24) is 15.1 Å². The fourth-order valence-corrected chi connectivity index (χ4v) is 2.62. The first-order valence-corrected chi connectivity index (χ1v) is 8.69. The highest BCUT2D eigenvalue weighted by atomic mass is 35.5. The molecule has 6 nitrogen and oxygen atoms in total. The molecule has 7 heteroatoms. The van der Waals surface area contributed by atoms with Crippen LogP contribution >= 0.6 is 11.6 Å². The molecule has 1 fully saturated rings. The van der Waals surface area contributed by atoms with Gasteiger partial charge in [0.15, 0.2) is 6.10 Å². The van der Waals surface area contributed by atoms with Gasteiger partial charge < -0.3 is 10.1 Å². The van der Waals surface area contributed by atoms with E-state index in [1.807, 2.05) is 0 Å². The van der Waals surface area contributed by atoms with Crippen LogP contribution in [0.25, 0.3) is 0 Å². The predicted octanol–water partition coefficient (Wildman–Crippen LogP) is 2.36. The number of halogens is 1. The van der Waals surface area contributed by atoms with Gasteiger partial charge in [0.1, 0.15) is 5.75 Å². The van der Waals surface area contributed by atoms with Crippen LogP contribution < -0.4 is 15.6 Å². The molecule has 0 saturated heterocycles. The number of nitrogens with one attached hydrogen (secondary N) is 1. The third-order valence-electron chi connectivity index (χ3n) is 4.02. The van der Waals surface area contributed by atoms with Crippen molar-refractivity contribution in [1.29, 1.82) is 0 Å². The van der Waals surface area contributed by atoms with Gasteiger partial charge in [0.25, 0.3) is 11.5 Å². The third kappa shape index (κ3) is 4.60. The summed E-state index contributed by atoms with van der Waals surface area (Å²) in [6.07, 6.45) is 1.56. The van der Waals surface area contributed by atoms with Gasteiger partial charge in [0.05, 0.1) is 17.3 Å². The maximum Gasteiger partial charge on any atom is 0.266 e. The number of hydrogen-bond acceptors (Lipinski definition) is 4. The highest BCUT2D eigenvalue weighted by Crippen LogP contribution is 2.38. The van der Waals surface area contributed by atoms with Crippen LogP contribution in [0.2, 0.25) is 5.02 Å². The molecule has 132 valence electrons. The van der Waals surface area contributed by atoms with Crippen LogP contribution in [0.4, 0.5) is 0 Å². The van der Waals surface area contributed by atoms with Crippen LogP contribution in [0, 0.1) is 0 Å². The second-order valence-corrected chi connectivity index (χ2v) is 6.48. The minimum Gasteiger partial charge on any atom is -0.479 e. The Balaban J connectivity index is 1.51. The summed E-state index contributed by atoms with van der Waals surface area (Å²) in [5, 5.41) is 7.57. The molecule has 0 spiro atoms. The van der Waals surface area contributed by atoms with Crippen molar-refractivity contribution in [2.45, 2.75) is 38.3 Å². The van der Waals surface area contributed by atoms with Gasteiger partial charge in [-0.05, 0) is 38.0 Å². The maximum absolute atomic E-state index is 12.1. The van der Waals surface area contributed by atoms with Crippen molar-refractivity contribution >= 4 is 17.5 Å². The van der Waals surface area contributed by atoms with E-state index in [0.29, 0.717) is 29.8 Å². The summed E-state index contributed by atoms with van der Waals surface area (Å²) in [5.74, 6) is 0.665. The Morgan fingerprint density at radius 2 is 2.12 bits per heavy atom. The number of amides is 1. The third-order valence-corrected chi connectivity index (χ3v) is 4.33. The highest BCUT2D eigenvalue weighted by Gasteiger charge is 2.25. The first kappa shape index (κ1) is 17.5. The van der Waals surface area contributed by atoms with E-state index in [4.69, 9.17) is 16.3 Å². The van der Waals surface area contributed by atoms with E-state index in [2.05, 4.69) is 10.4 Å². The normalized spacial score (nSPS) is 14.8. The smallest absolute Gasteiger partial charge is 0.266 e. The van der Waals surface area contributed by atoms with Crippen LogP contribution in [-0.4, -0.2) is 28.3 Å². The maximum atomic E-state index is 12.1. The summed E-state index contributed by atoms with van der Waals surface area (Å²) in [7, 11) is 0. The van der Waals surface area contributed by atoms with E-state index in [-0.39, 0.29) is 11.5 Å². The Bertz CT molecular complexity index is 817. The van der Waals surface area contributed by atoms with Crippen molar-refractivity contribution in [3.05, 3.63) is 57.5 Å². The predicted molar refractivity (Wildman–Crippen MR) is 95.0 cm³/mol. The first-order chi connectivity index (χ1) is 12.0. The molecule has 1 unspecified atom stereocenters. The Kier molecular flexibility index (Phi) is 5.38. The summed E-state index contributed by atoms with van der Waals surface area (Å²) >= 11 is 6.02. The van der Waals surface area contributed by atoms with Gasteiger partial charge >= 0.3 is 0 Å². The molecule has 0 bridgehead atoms. The SMILES string of the molecule is CC(Oc1ccccc1Cl)C(=O)NCCn1nc(C2CC2)ccc1=O. The molecule has 1 aromatic heterocycles. The molecule has 1 aliphatic carbocycles. The minimum absolute atomic E-state index is 0.168. The Labute approximate surface area is 150 Å². The molecule has 1 saturated carbocycles. The van der Waals surface area contributed by atoms with Gasteiger partial charge in [0.2, 0.25) is 0 Å². The fraction of sp³-hybridized carbons (Fsp3) is 0.389. The molecule has 1 heterocycles. The number of aromatic nitrogens is 2. The Hall–Kier alpha value is -2.34. The summed E-state index contributed by atoms with van der Waals surface area (Å²) in [4.78, 5) is 24.0. The van der Waals surface area contributed by atoms with Gasteiger partial charge in [-0.1, -0.05) is 23.7 Å². The average molecular weight is 362 g/mol. The number of carbonyl (C=O) groups is 1. The number of benzene rings is 1. The minimum atomic E-state index is -0.692. The zero-order chi connectivity index (χ0) is 17.8. The molecule has 1 atom stereocenters. The lowest BCUT2D eigenvalue weighted by atomic mass is 10.3. The van der Waals surface area contributed by atoms with Gasteiger partial charge in [-0.15, -0.1) is 0 Å². The summed E-state index contributed by atoms with van der Waals surface area (Å²) in [6, 6.07) is 10.3. The molecule has 0 radical (unpaired) electrons. The molecule has 1 aliphatic rings. The lowest BCUT2D eigenvalue weighted by molar-refractivity contribution is -0.127. The van der Waals surface area contributed by atoms with Crippen LogP contribution in [0.5, 0.6) is 5.75 Å². The van der Waals surface area contributed by atoms with Crippen molar-refractivity contribution in [2.75, 3.05) is 6.54 Å². The van der Waals surface area contributed by atoms with Crippen molar-refractivity contribution in [2.24, 2.45) is 0 Å². The van der Waals surface area contributed by atoms with Gasteiger partial charge in [-0.25, -0.2) is 4.68 Å². The lowest BCUT2D eigenvalue weighted by Crippen LogP contribution is -2.39. The van der Waals surface area contributed by atoms with E-state index in [1.165, 1.54) is 10.7 Å². The standard InChI is InChI=1S/C18H20ClN3O3/c1-12(25-16-5-3-2-4-14(16)19)18(24)20-10-11-22-17(23)9-8-15(21-22)13-6-7-13/h2-5,8-9,12-13H,6-7,10-11H2,1H3,(H,20,24). The molecule has 1 amide bonds. The van der Waals surface area contributed by atoms with E-state index in [0.717, 1.165) is 18.5 Å². The van der Waals surface area contributed by atoms with E-state index >= 15 is 0 Å². The second kappa shape index (κ2) is 7.70. The number of rotatable bonds is 7. The lowest BCUT2D eigenvalue weighted by Gasteiger charge is -2.15. The number of nitrogens with zero attached hydrogens (tertiary/aromatic N) is 2. The zero-order valence-electron chi connectivity index (χ0n) is 13.9. The summed E-state index contributed by atoms with van der Waals surface area (Å²) in [5.41, 5.74) is 0.778. The van der Waals surface area contributed by atoms with E-state index < -0.39 is 6.10 Å². The van der Waals surface area contributed by atoms with Crippen LogP contribution in [0.1, 0.15) is 31.4 Å². The van der Waals surface area contributed by atoms with E-state index in [9.17, 15) is 9.59 Å². The molecule has 0 aliphatic heterocycles. The number of hydrogen-bond donors (Lipinski definition) is 1. The molecule has 1 N–H and O–H groups in total. The summed E-state index contributed by atoms with van der Waals surface area (Å²) in [6.45, 7) is 2.27. The quantitative estimate of drug-likeness (QED) is 0.821. The van der Waals surface area contributed by atoms with Crippen LogP contribution in [-0.2, 0) is 11.3 Å². The van der Waals surface area contributed by atoms with Crippen molar-refractivity contribution in [3.63, 3.8) is 0 Å². The Morgan fingerprint density at radius 3 is 2.84 bits per heavy atom. The number of para-hydroxylation sites is 1. The monoisotopic (exact) mass is 361 g/mol. The molecular weight excluding hydrogens is 342 g/mol. The van der Waals surface area contributed by atoms with E-state index in [1.54, 1.807) is 37.3 Å². The topological polar surface area (TPSA) is 73.2 Å². The summed E-state index contributed by atoms with van der Waals surface area (Å²) < 4.78 is 6.96. The molecular formula is C18H20ClN3O3. The van der Waals surface area contributed by atoms with Crippen molar-refractivity contribution < 1.29 is 9.53 Å². The first-order valence-electron chi connectivity index (χ1n) is 8.31. The van der Waals surface area contributed by atoms with Crippen LogP contribution in [0.3, 0.4) is 0 Å². The molecule has 2 aromatic rings. The van der Waals surface area contributed by atoms with Gasteiger partial charge in [-0.2, -0.15) is 5.10 Å². The highest BCUT2D eigenvalue weighted by molar-refractivity contribution is 6.32. The number of carbonyl (C=O) groups excluding carboxylic acids is 1. The average Bonchev–Trinajstić information content (AvgIpc) is 3.43. The fourth-order valence-electron chi connectivity index (χ4n) is 2.43. The van der Waals surface area contributed by atoms with Crippen LogP contribution in [0.15, 0.2) is 41.2 Å². The molecule has 25 heavy (non-hydrogen) atoms. The number of ether oxygens (including phenoxy) is 1.